The Balaban J connectivity index is 2.69. The molecule has 0 aliphatic heterocycles. The summed E-state index contributed by atoms with van der Waals surface area (Å²) in [6, 6.07) is 8.09. The molecule has 3 heteroatoms. The van der Waals surface area contributed by atoms with Gasteiger partial charge in [-0.15, -0.1) is 0 Å². The minimum atomic E-state index is -0.133. The zero-order valence-corrected chi connectivity index (χ0v) is 10.2. The quantitative estimate of drug-likeness (QED) is 0.812. The molecule has 0 aromatic heterocycles. The van der Waals surface area contributed by atoms with Crippen molar-refractivity contribution in [2.75, 3.05) is 6.54 Å². The van der Waals surface area contributed by atoms with Gasteiger partial charge >= 0.3 is 0 Å². The summed E-state index contributed by atoms with van der Waals surface area (Å²) in [5, 5.41) is 2.97. The van der Waals surface area contributed by atoms with Crippen molar-refractivity contribution in [1.82, 2.24) is 5.32 Å². The standard InChI is InChI=1S/C13H20N2O/c1-9-6-4-5-7-12(9)11(3)15-13(16)10(2)8-14/h4-7,10-11H,8,14H2,1-3H3,(H,15,16)/t10?,11-/m1/s1. The molecule has 2 atom stereocenters. The first kappa shape index (κ1) is 12.7. The van der Waals surface area contributed by atoms with Crippen molar-refractivity contribution < 1.29 is 4.79 Å². The van der Waals surface area contributed by atoms with Crippen LogP contribution in [0, 0.1) is 12.8 Å². The lowest BCUT2D eigenvalue weighted by atomic mass is 10.0. The normalized spacial score (nSPS) is 14.2. The van der Waals surface area contributed by atoms with Gasteiger partial charge in [-0.2, -0.15) is 0 Å². The zero-order valence-electron chi connectivity index (χ0n) is 10.2. The van der Waals surface area contributed by atoms with E-state index in [0.717, 1.165) is 5.56 Å². The Hall–Kier alpha value is -1.35. The first-order valence-corrected chi connectivity index (χ1v) is 5.62. The molecule has 88 valence electrons. The molecule has 1 amide bonds. The average molecular weight is 220 g/mol. The van der Waals surface area contributed by atoms with E-state index in [2.05, 4.69) is 5.32 Å². The fourth-order valence-electron chi connectivity index (χ4n) is 1.61. The van der Waals surface area contributed by atoms with Crippen LogP contribution in [0.2, 0.25) is 0 Å². The molecule has 1 aromatic carbocycles. The smallest absolute Gasteiger partial charge is 0.224 e. The highest BCUT2D eigenvalue weighted by Crippen LogP contribution is 2.16. The van der Waals surface area contributed by atoms with E-state index in [1.165, 1.54) is 5.56 Å². The second-order valence-corrected chi connectivity index (χ2v) is 4.22. The summed E-state index contributed by atoms with van der Waals surface area (Å²) >= 11 is 0. The van der Waals surface area contributed by atoms with Gasteiger partial charge in [-0.25, -0.2) is 0 Å². The minimum absolute atomic E-state index is 0.0123. The number of amides is 1. The number of carbonyl (C=O) groups is 1. The highest BCUT2D eigenvalue weighted by atomic mass is 16.1. The summed E-state index contributed by atoms with van der Waals surface area (Å²) in [7, 11) is 0. The number of nitrogens with two attached hydrogens (primary N) is 1. The summed E-state index contributed by atoms with van der Waals surface area (Å²) in [5.74, 6) is -0.121. The molecule has 0 saturated heterocycles. The molecule has 16 heavy (non-hydrogen) atoms. The second-order valence-electron chi connectivity index (χ2n) is 4.22. The van der Waals surface area contributed by atoms with E-state index in [0.29, 0.717) is 6.54 Å². The fraction of sp³-hybridized carbons (Fsp3) is 0.462. The molecule has 3 N–H and O–H groups in total. The lowest BCUT2D eigenvalue weighted by Crippen LogP contribution is -2.35. The van der Waals surface area contributed by atoms with Gasteiger partial charge in [0.05, 0.1) is 6.04 Å². The van der Waals surface area contributed by atoms with E-state index in [1.807, 2.05) is 45.0 Å². The molecule has 1 rings (SSSR count). The van der Waals surface area contributed by atoms with Gasteiger partial charge in [0, 0.05) is 12.5 Å². The predicted octanol–water partition coefficient (Wildman–Crippen LogP) is 1.77. The van der Waals surface area contributed by atoms with Gasteiger partial charge in [0.1, 0.15) is 0 Å². The van der Waals surface area contributed by atoms with Crippen LogP contribution in [0.5, 0.6) is 0 Å². The van der Waals surface area contributed by atoms with Crippen LogP contribution in [-0.2, 0) is 4.79 Å². The largest absolute Gasteiger partial charge is 0.349 e. The highest BCUT2D eigenvalue weighted by Gasteiger charge is 2.15. The van der Waals surface area contributed by atoms with E-state index >= 15 is 0 Å². The molecule has 0 aliphatic carbocycles. The minimum Gasteiger partial charge on any atom is -0.349 e. The molecule has 1 aromatic rings. The number of hydrogen-bond acceptors (Lipinski definition) is 2. The number of nitrogens with one attached hydrogen (secondary N) is 1. The van der Waals surface area contributed by atoms with E-state index < -0.39 is 0 Å². The molecule has 0 bridgehead atoms. The summed E-state index contributed by atoms with van der Waals surface area (Å²) in [6.45, 7) is 6.25. The van der Waals surface area contributed by atoms with Gasteiger partial charge in [0.15, 0.2) is 0 Å². The van der Waals surface area contributed by atoms with Crippen LogP contribution in [0.25, 0.3) is 0 Å². The van der Waals surface area contributed by atoms with E-state index in [-0.39, 0.29) is 17.9 Å². The first-order chi connectivity index (χ1) is 7.56. The maximum Gasteiger partial charge on any atom is 0.224 e. The Bertz CT molecular complexity index is 363. The monoisotopic (exact) mass is 220 g/mol. The molecular formula is C13H20N2O. The Morgan fingerprint density at radius 3 is 2.56 bits per heavy atom. The third-order valence-corrected chi connectivity index (χ3v) is 2.81. The van der Waals surface area contributed by atoms with Gasteiger partial charge in [-0.1, -0.05) is 31.2 Å². The van der Waals surface area contributed by atoms with Crippen LogP contribution >= 0.6 is 0 Å². The molecule has 1 unspecified atom stereocenters. The highest BCUT2D eigenvalue weighted by molar-refractivity contribution is 5.78. The van der Waals surface area contributed by atoms with Crippen LogP contribution in [0.15, 0.2) is 24.3 Å². The molecule has 0 heterocycles. The van der Waals surface area contributed by atoms with Crippen molar-refractivity contribution in [3.8, 4) is 0 Å². The van der Waals surface area contributed by atoms with Crippen LogP contribution < -0.4 is 11.1 Å². The summed E-state index contributed by atoms with van der Waals surface area (Å²) in [6.07, 6.45) is 0. The molecule has 3 nitrogen and oxygen atoms in total. The van der Waals surface area contributed by atoms with Crippen molar-refractivity contribution in [3.63, 3.8) is 0 Å². The van der Waals surface area contributed by atoms with Gasteiger partial charge in [0.2, 0.25) is 5.91 Å². The van der Waals surface area contributed by atoms with E-state index in [9.17, 15) is 4.79 Å². The molecule has 0 spiro atoms. The fourth-order valence-corrected chi connectivity index (χ4v) is 1.61. The van der Waals surface area contributed by atoms with Crippen LogP contribution in [0.3, 0.4) is 0 Å². The van der Waals surface area contributed by atoms with Crippen molar-refractivity contribution in [2.45, 2.75) is 26.8 Å². The number of aryl methyl sites for hydroxylation is 1. The van der Waals surface area contributed by atoms with Crippen molar-refractivity contribution >= 4 is 5.91 Å². The molecule has 0 aliphatic rings. The van der Waals surface area contributed by atoms with Crippen molar-refractivity contribution in [2.24, 2.45) is 11.7 Å². The van der Waals surface area contributed by atoms with E-state index in [1.54, 1.807) is 0 Å². The molecule has 0 saturated carbocycles. The SMILES string of the molecule is Cc1ccccc1[C@@H](C)NC(=O)C(C)CN. The third-order valence-electron chi connectivity index (χ3n) is 2.81. The zero-order chi connectivity index (χ0) is 12.1. The maximum atomic E-state index is 11.7. The van der Waals surface area contributed by atoms with Gasteiger partial charge < -0.3 is 11.1 Å². The second kappa shape index (κ2) is 5.66. The topological polar surface area (TPSA) is 55.1 Å². The number of hydrogen-bond donors (Lipinski definition) is 2. The van der Waals surface area contributed by atoms with Crippen molar-refractivity contribution in [1.29, 1.82) is 0 Å². The first-order valence-electron chi connectivity index (χ1n) is 5.62. The summed E-state index contributed by atoms with van der Waals surface area (Å²) < 4.78 is 0. The summed E-state index contributed by atoms with van der Waals surface area (Å²) in [5.41, 5.74) is 7.80. The number of carbonyl (C=O) groups excluding carboxylic acids is 1. The Labute approximate surface area is 97.0 Å². The predicted molar refractivity (Wildman–Crippen MR) is 66.0 cm³/mol. The van der Waals surface area contributed by atoms with E-state index in [4.69, 9.17) is 5.73 Å². The maximum absolute atomic E-state index is 11.7. The molecule has 0 fully saturated rings. The Kier molecular flexibility index (Phi) is 4.50. The van der Waals surface area contributed by atoms with Crippen LogP contribution in [-0.4, -0.2) is 12.5 Å². The van der Waals surface area contributed by atoms with Crippen LogP contribution in [0.4, 0.5) is 0 Å². The summed E-state index contributed by atoms with van der Waals surface area (Å²) in [4.78, 5) is 11.7. The average Bonchev–Trinajstić information content (AvgIpc) is 2.28. The number of benzene rings is 1. The Morgan fingerprint density at radius 1 is 1.38 bits per heavy atom. The van der Waals surface area contributed by atoms with Crippen LogP contribution in [0.1, 0.15) is 31.0 Å². The third kappa shape index (κ3) is 3.07. The Morgan fingerprint density at radius 2 is 2.00 bits per heavy atom. The molecular weight excluding hydrogens is 200 g/mol. The van der Waals surface area contributed by atoms with Gasteiger partial charge in [-0.05, 0) is 25.0 Å². The van der Waals surface area contributed by atoms with Crippen molar-refractivity contribution in [3.05, 3.63) is 35.4 Å². The lowest BCUT2D eigenvalue weighted by Gasteiger charge is -2.18. The van der Waals surface area contributed by atoms with Gasteiger partial charge in [-0.3, -0.25) is 4.79 Å². The van der Waals surface area contributed by atoms with Gasteiger partial charge in [0.25, 0.3) is 0 Å². The molecule has 0 radical (unpaired) electrons. The number of rotatable bonds is 4. The lowest BCUT2D eigenvalue weighted by molar-refractivity contribution is -0.124.